The van der Waals surface area contributed by atoms with Crippen LogP contribution >= 0.6 is 0 Å². The summed E-state index contributed by atoms with van der Waals surface area (Å²) in [5.74, 6) is 0.135. The normalized spacial score (nSPS) is 15.9. The molecule has 0 radical (unpaired) electrons. The minimum atomic E-state index is -0.542. The molecule has 12 nitrogen and oxygen atoms in total. The van der Waals surface area contributed by atoms with Crippen LogP contribution in [0.1, 0.15) is 17.7 Å². The number of ether oxygens (including phenoxy) is 1. The first-order valence-corrected chi connectivity index (χ1v) is 10.5. The summed E-state index contributed by atoms with van der Waals surface area (Å²) in [6.07, 6.45) is 3.82. The Balaban J connectivity index is 1.25. The van der Waals surface area contributed by atoms with Gasteiger partial charge < -0.3 is 19.9 Å². The molecule has 4 heterocycles. The zero-order valence-corrected chi connectivity index (χ0v) is 17.6. The van der Waals surface area contributed by atoms with E-state index in [9.17, 15) is 19.2 Å². The van der Waals surface area contributed by atoms with Crippen LogP contribution in [0.15, 0.2) is 28.0 Å². The molecule has 4 rings (SSSR count). The van der Waals surface area contributed by atoms with Crippen LogP contribution < -0.4 is 21.5 Å². The summed E-state index contributed by atoms with van der Waals surface area (Å²) in [5.41, 5.74) is 0.0374. The van der Waals surface area contributed by atoms with E-state index >= 15 is 0 Å². The number of anilines is 1. The van der Waals surface area contributed by atoms with Gasteiger partial charge in [-0.3, -0.25) is 23.9 Å². The van der Waals surface area contributed by atoms with Crippen LogP contribution in [0.2, 0.25) is 0 Å². The van der Waals surface area contributed by atoms with Gasteiger partial charge in [0.1, 0.15) is 0 Å². The van der Waals surface area contributed by atoms with Gasteiger partial charge in [0.15, 0.2) is 0 Å². The van der Waals surface area contributed by atoms with E-state index in [0.29, 0.717) is 56.4 Å². The van der Waals surface area contributed by atoms with E-state index in [-0.39, 0.29) is 37.9 Å². The van der Waals surface area contributed by atoms with Gasteiger partial charge in [-0.25, -0.2) is 14.8 Å². The molecule has 2 aliphatic rings. The van der Waals surface area contributed by atoms with E-state index in [1.807, 2.05) is 4.90 Å². The third-order valence-electron chi connectivity index (χ3n) is 5.61. The molecule has 0 saturated carbocycles. The summed E-state index contributed by atoms with van der Waals surface area (Å²) < 4.78 is 6.69. The van der Waals surface area contributed by atoms with Crippen molar-refractivity contribution in [2.45, 2.75) is 26.0 Å². The van der Waals surface area contributed by atoms with E-state index in [0.717, 1.165) is 0 Å². The molecule has 2 aromatic rings. The van der Waals surface area contributed by atoms with Crippen LogP contribution in [-0.4, -0.2) is 75.6 Å². The molecule has 2 amide bonds. The first-order valence-electron chi connectivity index (χ1n) is 10.5. The highest BCUT2D eigenvalue weighted by atomic mass is 16.5. The summed E-state index contributed by atoms with van der Waals surface area (Å²) in [7, 11) is 0. The highest BCUT2D eigenvalue weighted by Crippen LogP contribution is 2.11. The van der Waals surface area contributed by atoms with Crippen molar-refractivity contribution in [3.8, 4) is 0 Å². The Morgan fingerprint density at radius 2 is 1.88 bits per heavy atom. The molecule has 2 aliphatic heterocycles. The maximum Gasteiger partial charge on any atom is 0.328 e. The summed E-state index contributed by atoms with van der Waals surface area (Å²) in [6.45, 7) is 2.86. The second-order valence-electron chi connectivity index (χ2n) is 7.58. The number of aromatic nitrogens is 4. The predicted octanol–water partition coefficient (Wildman–Crippen LogP) is -1.75. The number of hydrogen-bond acceptors (Lipinski definition) is 8. The minimum Gasteiger partial charge on any atom is -0.376 e. The molecule has 2 aromatic heterocycles. The molecule has 0 unspecified atom stereocenters. The van der Waals surface area contributed by atoms with E-state index in [2.05, 4.69) is 20.3 Å². The third-order valence-corrected chi connectivity index (χ3v) is 5.61. The monoisotopic (exact) mass is 443 g/mol. The number of rotatable bonds is 6. The van der Waals surface area contributed by atoms with Gasteiger partial charge >= 0.3 is 5.69 Å². The highest BCUT2D eigenvalue weighted by Gasteiger charge is 2.23. The molecule has 2 N–H and O–H groups in total. The molecular formula is C20H25N7O5. The molecule has 32 heavy (non-hydrogen) atoms. The number of carbonyl (C=O) groups is 2. The second-order valence-corrected chi connectivity index (χ2v) is 7.58. The van der Waals surface area contributed by atoms with Crippen molar-refractivity contribution in [2.24, 2.45) is 0 Å². The molecule has 0 bridgehead atoms. The standard InChI is InChI=1S/C20H25N7O5/c28-16(2-6-27-15-3-11-32-13-14(15)18(30)24-20(27)31)23-12-17(29)25-7-9-26(10-8-25)19-21-4-1-5-22-19/h1,4-5H,2-3,6-13H2,(H,23,28)(H,24,30,31). The maximum atomic E-state index is 12.5. The van der Waals surface area contributed by atoms with Gasteiger partial charge in [0.05, 0.1) is 25.3 Å². The molecule has 0 aliphatic carbocycles. The van der Waals surface area contributed by atoms with Crippen molar-refractivity contribution in [3.05, 3.63) is 50.6 Å². The Hall–Kier alpha value is -3.54. The molecule has 0 aromatic carbocycles. The van der Waals surface area contributed by atoms with Crippen molar-refractivity contribution in [2.75, 3.05) is 44.2 Å². The van der Waals surface area contributed by atoms with Gasteiger partial charge in [-0.1, -0.05) is 0 Å². The Bertz CT molecular complexity index is 1090. The van der Waals surface area contributed by atoms with E-state index in [4.69, 9.17) is 4.74 Å². The number of hydrogen-bond donors (Lipinski definition) is 2. The highest BCUT2D eigenvalue weighted by molar-refractivity contribution is 5.84. The number of aromatic amines is 1. The Morgan fingerprint density at radius 3 is 2.62 bits per heavy atom. The molecule has 12 heteroatoms. The third kappa shape index (κ3) is 4.85. The number of carbonyl (C=O) groups excluding carboxylic acids is 2. The average molecular weight is 443 g/mol. The van der Waals surface area contributed by atoms with Gasteiger partial charge in [-0.2, -0.15) is 0 Å². The number of piperazine rings is 1. The first-order chi connectivity index (χ1) is 15.5. The number of H-pyrrole nitrogens is 1. The Morgan fingerprint density at radius 1 is 1.12 bits per heavy atom. The maximum absolute atomic E-state index is 12.5. The largest absolute Gasteiger partial charge is 0.376 e. The van der Waals surface area contributed by atoms with Gasteiger partial charge in [0.25, 0.3) is 5.56 Å². The fourth-order valence-electron chi connectivity index (χ4n) is 3.87. The second kappa shape index (κ2) is 9.73. The molecule has 170 valence electrons. The molecule has 0 spiro atoms. The smallest absolute Gasteiger partial charge is 0.328 e. The van der Waals surface area contributed by atoms with Crippen molar-refractivity contribution in [1.82, 2.24) is 29.7 Å². The Kier molecular flexibility index (Phi) is 6.59. The number of nitrogens with zero attached hydrogens (tertiary/aromatic N) is 5. The zero-order valence-electron chi connectivity index (χ0n) is 17.6. The van der Waals surface area contributed by atoms with Gasteiger partial charge in [0.2, 0.25) is 17.8 Å². The van der Waals surface area contributed by atoms with E-state index in [1.54, 1.807) is 23.4 Å². The lowest BCUT2D eigenvalue weighted by atomic mass is 10.1. The van der Waals surface area contributed by atoms with Crippen molar-refractivity contribution in [1.29, 1.82) is 0 Å². The van der Waals surface area contributed by atoms with Crippen LogP contribution in [0.5, 0.6) is 0 Å². The zero-order chi connectivity index (χ0) is 22.5. The lowest BCUT2D eigenvalue weighted by molar-refractivity contribution is -0.133. The van der Waals surface area contributed by atoms with E-state index < -0.39 is 11.2 Å². The van der Waals surface area contributed by atoms with Crippen LogP contribution in [0.3, 0.4) is 0 Å². The topological polar surface area (TPSA) is 143 Å². The number of nitrogens with one attached hydrogen (secondary N) is 2. The summed E-state index contributed by atoms with van der Waals surface area (Å²) in [4.78, 5) is 63.2. The van der Waals surface area contributed by atoms with Gasteiger partial charge in [-0.05, 0) is 6.07 Å². The van der Waals surface area contributed by atoms with Crippen LogP contribution in [0.25, 0.3) is 0 Å². The average Bonchev–Trinajstić information content (AvgIpc) is 2.83. The van der Waals surface area contributed by atoms with Crippen molar-refractivity contribution in [3.63, 3.8) is 0 Å². The lowest BCUT2D eigenvalue weighted by Crippen LogP contribution is -2.51. The fourth-order valence-corrected chi connectivity index (χ4v) is 3.87. The Labute approximate surface area is 183 Å². The molecule has 1 fully saturated rings. The first kappa shape index (κ1) is 21.7. The molecular weight excluding hydrogens is 418 g/mol. The van der Waals surface area contributed by atoms with E-state index in [1.165, 1.54) is 4.57 Å². The molecule has 0 atom stereocenters. The van der Waals surface area contributed by atoms with Crippen LogP contribution in [-0.2, 0) is 33.9 Å². The summed E-state index contributed by atoms with van der Waals surface area (Å²) >= 11 is 0. The number of amides is 2. The van der Waals surface area contributed by atoms with Crippen LogP contribution in [0, 0.1) is 0 Å². The minimum absolute atomic E-state index is 0.0195. The fraction of sp³-hybridized carbons (Fsp3) is 0.500. The summed E-state index contributed by atoms with van der Waals surface area (Å²) in [5, 5.41) is 2.62. The quantitative estimate of drug-likeness (QED) is 0.535. The molecule has 1 saturated heterocycles. The predicted molar refractivity (Wildman–Crippen MR) is 113 cm³/mol. The SMILES string of the molecule is O=C(CCn1c2c(c(=O)[nH]c1=O)COCC2)NCC(=O)N1CCN(c2ncccn2)CC1. The van der Waals surface area contributed by atoms with Crippen molar-refractivity contribution < 1.29 is 14.3 Å². The van der Waals surface area contributed by atoms with Crippen molar-refractivity contribution >= 4 is 17.8 Å². The summed E-state index contributed by atoms with van der Waals surface area (Å²) in [6, 6.07) is 1.75. The van der Waals surface area contributed by atoms with Crippen LogP contribution in [0.4, 0.5) is 5.95 Å². The van der Waals surface area contributed by atoms with Gasteiger partial charge in [0, 0.05) is 63.7 Å². The van der Waals surface area contributed by atoms with Gasteiger partial charge in [-0.15, -0.1) is 0 Å². The number of fused-ring (bicyclic) bond motifs is 1. The lowest BCUT2D eigenvalue weighted by Gasteiger charge is -2.34.